The van der Waals surface area contributed by atoms with Crippen molar-refractivity contribution in [2.75, 3.05) is 6.54 Å². The van der Waals surface area contributed by atoms with Crippen LogP contribution < -0.4 is 5.32 Å². The number of carbonyl (C=O) groups is 1. The first kappa shape index (κ1) is 13.7. The van der Waals surface area contributed by atoms with Crippen LogP contribution in [0.1, 0.15) is 23.2 Å². The molecule has 5 nitrogen and oxygen atoms in total. The van der Waals surface area contributed by atoms with Crippen molar-refractivity contribution in [3.05, 3.63) is 47.2 Å². The molecule has 0 unspecified atom stereocenters. The molecule has 0 aromatic carbocycles. The van der Waals surface area contributed by atoms with Crippen molar-refractivity contribution in [3.63, 3.8) is 0 Å². The zero-order valence-corrected chi connectivity index (χ0v) is 12.0. The number of nitrogens with one attached hydrogen (secondary N) is 1. The van der Waals surface area contributed by atoms with Gasteiger partial charge in [0.2, 0.25) is 0 Å². The minimum atomic E-state index is -0.0809. The van der Waals surface area contributed by atoms with Crippen molar-refractivity contribution in [2.45, 2.75) is 19.4 Å². The smallest absolute Gasteiger partial charge is 0.252 e. The van der Waals surface area contributed by atoms with E-state index < -0.39 is 0 Å². The zero-order valence-electron chi connectivity index (χ0n) is 10.4. The van der Waals surface area contributed by atoms with Crippen molar-refractivity contribution in [2.24, 2.45) is 0 Å². The predicted molar refractivity (Wildman–Crippen MR) is 75.7 cm³/mol. The number of pyridine rings is 1. The Morgan fingerprint density at radius 2 is 2.26 bits per heavy atom. The van der Waals surface area contributed by atoms with E-state index in [1.807, 2.05) is 10.8 Å². The highest BCUT2D eigenvalue weighted by molar-refractivity contribution is 9.10. The van der Waals surface area contributed by atoms with E-state index in [9.17, 15) is 4.79 Å². The normalized spacial score (nSPS) is 10.4. The Kier molecular flexibility index (Phi) is 5.09. The largest absolute Gasteiger partial charge is 0.352 e. The molecule has 0 radical (unpaired) electrons. The summed E-state index contributed by atoms with van der Waals surface area (Å²) in [5, 5.41) is 2.88. The molecule has 0 saturated heterocycles. The summed E-state index contributed by atoms with van der Waals surface area (Å²) in [6.07, 6.45) is 9.01. The number of hydrogen-bond donors (Lipinski definition) is 1. The van der Waals surface area contributed by atoms with Crippen LogP contribution in [0.5, 0.6) is 0 Å². The molecule has 1 N–H and O–H groups in total. The Morgan fingerprint density at radius 3 is 2.95 bits per heavy atom. The first-order valence-corrected chi connectivity index (χ1v) is 6.90. The molecule has 0 aliphatic heterocycles. The summed E-state index contributed by atoms with van der Waals surface area (Å²) in [6, 6.07) is 3.51. The van der Waals surface area contributed by atoms with E-state index in [1.165, 1.54) is 0 Å². The second-order valence-electron chi connectivity index (χ2n) is 4.13. The van der Waals surface area contributed by atoms with E-state index in [0.29, 0.717) is 12.1 Å². The van der Waals surface area contributed by atoms with E-state index in [4.69, 9.17) is 0 Å². The van der Waals surface area contributed by atoms with E-state index >= 15 is 0 Å². The van der Waals surface area contributed by atoms with E-state index in [2.05, 4.69) is 31.2 Å². The average Bonchev–Trinajstić information content (AvgIpc) is 2.92. The fourth-order valence-corrected chi connectivity index (χ4v) is 1.89. The summed E-state index contributed by atoms with van der Waals surface area (Å²) >= 11 is 3.24. The molecule has 0 fully saturated rings. The first-order chi connectivity index (χ1) is 9.25. The van der Waals surface area contributed by atoms with Gasteiger partial charge in [-0.2, -0.15) is 0 Å². The lowest BCUT2D eigenvalue weighted by molar-refractivity contribution is 0.0952. The van der Waals surface area contributed by atoms with Gasteiger partial charge < -0.3 is 9.88 Å². The van der Waals surface area contributed by atoms with Gasteiger partial charge in [-0.3, -0.25) is 4.79 Å². The van der Waals surface area contributed by atoms with Gasteiger partial charge in [0.1, 0.15) is 4.60 Å². The molecule has 6 heteroatoms. The molecule has 19 heavy (non-hydrogen) atoms. The maximum absolute atomic E-state index is 11.8. The minimum Gasteiger partial charge on any atom is -0.352 e. The molecule has 0 aliphatic carbocycles. The molecule has 1 amide bonds. The molecule has 2 heterocycles. The van der Waals surface area contributed by atoms with Crippen LogP contribution in [0.3, 0.4) is 0 Å². The van der Waals surface area contributed by atoms with Crippen molar-refractivity contribution in [1.82, 2.24) is 19.9 Å². The molecule has 2 aromatic rings. The van der Waals surface area contributed by atoms with Gasteiger partial charge in [-0.25, -0.2) is 9.97 Å². The summed E-state index contributed by atoms with van der Waals surface area (Å²) in [7, 11) is 0. The van der Waals surface area contributed by atoms with Gasteiger partial charge in [-0.15, -0.1) is 0 Å². The highest BCUT2D eigenvalue weighted by Gasteiger charge is 2.04. The Balaban J connectivity index is 1.65. The second kappa shape index (κ2) is 7.04. The van der Waals surface area contributed by atoms with Crippen molar-refractivity contribution < 1.29 is 4.79 Å². The monoisotopic (exact) mass is 322 g/mol. The fourth-order valence-electron chi connectivity index (χ4n) is 1.65. The van der Waals surface area contributed by atoms with Crippen molar-refractivity contribution >= 4 is 21.8 Å². The fraction of sp³-hybridized carbons (Fsp3) is 0.308. The number of aromatic nitrogens is 3. The Hall–Kier alpha value is -1.69. The summed E-state index contributed by atoms with van der Waals surface area (Å²) in [6.45, 7) is 1.60. The average molecular weight is 323 g/mol. The van der Waals surface area contributed by atoms with E-state index in [1.54, 1.807) is 30.9 Å². The van der Waals surface area contributed by atoms with Gasteiger partial charge in [0.15, 0.2) is 0 Å². The molecule has 0 spiro atoms. The molecule has 2 rings (SSSR count). The van der Waals surface area contributed by atoms with Crippen LogP contribution in [0.15, 0.2) is 41.7 Å². The molecule has 0 bridgehead atoms. The van der Waals surface area contributed by atoms with Crippen LogP contribution in [-0.2, 0) is 6.54 Å². The molecular formula is C13H15BrN4O. The number of aryl methyl sites for hydroxylation is 1. The molecule has 0 atom stereocenters. The third kappa shape index (κ3) is 4.48. The van der Waals surface area contributed by atoms with Crippen LogP contribution in [0.2, 0.25) is 0 Å². The Labute approximate surface area is 120 Å². The maximum Gasteiger partial charge on any atom is 0.252 e. The number of rotatable bonds is 6. The number of imidazole rings is 1. The standard InChI is InChI=1S/C13H15BrN4O/c14-12-4-3-11(9-17-12)13(19)16-5-1-2-7-18-8-6-15-10-18/h3-4,6,8-10H,1-2,5,7H2,(H,16,19). The van der Waals surface area contributed by atoms with Gasteiger partial charge in [0.05, 0.1) is 11.9 Å². The number of nitrogens with zero attached hydrogens (tertiary/aromatic N) is 3. The van der Waals surface area contributed by atoms with Crippen LogP contribution in [0, 0.1) is 0 Å². The van der Waals surface area contributed by atoms with Gasteiger partial charge in [-0.1, -0.05) is 0 Å². The molecule has 0 aliphatic rings. The van der Waals surface area contributed by atoms with Crippen molar-refractivity contribution in [1.29, 1.82) is 0 Å². The molecule has 2 aromatic heterocycles. The second-order valence-corrected chi connectivity index (χ2v) is 4.95. The van der Waals surface area contributed by atoms with Gasteiger partial charge in [0.25, 0.3) is 5.91 Å². The Morgan fingerprint density at radius 1 is 1.37 bits per heavy atom. The summed E-state index contributed by atoms with van der Waals surface area (Å²) in [4.78, 5) is 19.8. The number of halogens is 1. The molecule has 0 saturated carbocycles. The van der Waals surface area contributed by atoms with Gasteiger partial charge in [-0.05, 0) is 40.9 Å². The minimum absolute atomic E-state index is 0.0809. The predicted octanol–water partition coefficient (Wildman–Crippen LogP) is 2.25. The van der Waals surface area contributed by atoms with Gasteiger partial charge >= 0.3 is 0 Å². The lowest BCUT2D eigenvalue weighted by atomic mass is 10.2. The summed E-state index contributed by atoms with van der Waals surface area (Å²) < 4.78 is 2.75. The Bertz CT molecular complexity index is 510. The zero-order chi connectivity index (χ0) is 13.5. The van der Waals surface area contributed by atoms with Crippen molar-refractivity contribution in [3.8, 4) is 0 Å². The lowest BCUT2D eigenvalue weighted by Crippen LogP contribution is -2.24. The third-order valence-electron chi connectivity index (χ3n) is 2.68. The SMILES string of the molecule is O=C(NCCCCn1ccnc1)c1ccc(Br)nc1. The quantitative estimate of drug-likeness (QED) is 0.655. The summed E-state index contributed by atoms with van der Waals surface area (Å²) in [5.41, 5.74) is 0.581. The van der Waals surface area contributed by atoms with Crippen LogP contribution in [-0.4, -0.2) is 27.0 Å². The van der Waals surface area contributed by atoms with Gasteiger partial charge in [0, 0.05) is 31.7 Å². The number of hydrogen-bond acceptors (Lipinski definition) is 3. The molecule has 100 valence electrons. The van der Waals surface area contributed by atoms with Crippen LogP contribution >= 0.6 is 15.9 Å². The van der Waals surface area contributed by atoms with E-state index in [-0.39, 0.29) is 5.91 Å². The maximum atomic E-state index is 11.8. The number of carbonyl (C=O) groups excluding carboxylic acids is 1. The lowest BCUT2D eigenvalue weighted by Gasteiger charge is -2.05. The first-order valence-electron chi connectivity index (χ1n) is 6.11. The van der Waals surface area contributed by atoms with Crippen LogP contribution in [0.4, 0.5) is 0 Å². The van der Waals surface area contributed by atoms with E-state index in [0.717, 1.165) is 24.0 Å². The highest BCUT2D eigenvalue weighted by atomic mass is 79.9. The summed E-state index contributed by atoms with van der Waals surface area (Å²) in [5.74, 6) is -0.0809. The van der Waals surface area contributed by atoms with Crippen LogP contribution in [0.25, 0.3) is 0 Å². The highest BCUT2D eigenvalue weighted by Crippen LogP contribution is 2.06. The number of amides is 1. The third-order valence-corrected chi connectivity index (χ3v) is 3.15. The topological polar surface area (TPSA) is 59.8 Å². The molecular weight excluding hydrogens is 308 g/mol. The number of unbranched alkanes of at least 4 members (excludes halogenated alkanes) is 1.